The van der Waals surface area contributed by atoms with Crippen molar-refractivity contribution in [2.24, 2.45) is 0 Å². The van der Waals surface area contributed by atoms with Gasteiger partial charge in [0.1, 0.15) is 10.8 Å². The topological polar surface area (TPSA) is 81.5 Å². The highest BCUT2D eigenvalue weighted by atomic mass is 35.5. The first kappa shape index (κ1) is 17.7. The van der Waals surface area contributed by atoms with Crippen LogP contribution in [0.2, 0.25) is 5.02 Å². The monoisotopic (exact) mass is 348 g/mol. The van der Waals surface area contributed by atoms with Crippen LogP contribution in [0, 0.1) is 10.1 Å². The summed E-state index contributed by atoms with van der Waals surface area (Å²) < 4.78 is 5.28. The lowest BCUT2D eigenvalue weighted by Crippen LogP contribution is -2.24. The first-order valence-corrected chi connectivity index (χ1v) is 7.74. The predicted octanol–water partition coefficient (Wildman–Crippen LogP) is 3.62. The molecule has 0 saturated carbocycles. The third kappa shape index (κ3) is 4.45. The fourth-order valence-electron chi connectivity index (χ4n) is 2.29. The van der Waals surface area contributed by atoms with Gasteiger partial charge in [-0.15, -0.1) is 0 Å². The maximum Gasteiger partial charge on any atom is 0.288 e. The summed E-state index contributed by atoms with van der Waals surface area (Å²) in [6.07, 6.45) is 1.48. The minimum Gasteiger partial charge on any atom is -0.496 e. The summed E-state index contributed by atoms with van der Waals surface area (Å²) in [4.78, 5) is 22.3. The van der Waals surface area contributed by atoms with Crippen molar-refractivity contribution in [3.63, 3.8) is 0 Å². The van der Waals surface area contributed by atoms with Crippen LogP contribution in [-0.4, -0.2) is 24.5 Å². The second kappa shape index (κ2) is 8.31. The van der Waals surface area contributed by atoms with Crippen LogP contribution in [-0.2, 0) is 6.42 Å². The van der Waals surface area contributed by atoms with Crippen LogP contribution >= 0.6 is 11.6 Å². The van der Waals surface area contributed by atoms with Gasteiger partial charge in [-0.3, -0.25) is 14.9 Å². The molecule has 2 aromatic rings. The van der Waals surface area contributed by atoms with E-state index in [9.17, 15) is 14.9 Å². The van der Waals surface area contributed by atoms with E-state index in [4.69, 9.17) is 16.3 Å². The number of carbonyl (C=O) groups excluding carboxylic acids is 1. The molecular weight excluding hydrogens is 332 g/mol. The molecule has 0 radical (unpaired) electrons. The molecule has 0 spiro atoms. The van der Waals surface area contributed by atoms with Crippen molar-refractivity contribution in [3.05, 3.63) is 68.7 Å². The van der Waals surface area contributed by atoms with Crippen molar-refractivity contribution in [2.45, 2.75) is 12.8 Å². The van der Waals surface area contributed by atoms with Gasteiger partial charge in [0.2, 0.25) is 0 Å². The Labute approximate surface area is 144 Å². The first-order chi connectivity index (χ1) is 11.5. The van der Waals surface area contributed by atoms with E-state index < -0.39 is 4.92 Å². The van der Waals surface area contributed by atoms with E-state index in [0.717, 1.165) is 24.2 Å². The summed E-state index contributed by atoms with van der Waals surface area (Å²) in [7, 11) is 1.62. The van der Waals surface area contributed by atoms with Crippen LogP contribution in [0.4, 0.5) is 5.69 Å². The second-order valence-corrected chi connectivity index (χ2v) is 5.50. The molecule has 0 heterocycles. The Morgan fingerprint density at radius 3 is 2.75 bits per heavy atom. The molecule has 0 unspecified atom stereocenters. The second-order valence-electron chi connectivity index (χ2n) is 5.09. The zero-order valence-electron chi connectivity index (χ0n) is 13.1. The molecule has 0 bridgehead atoms. The Morgan fingerprint density at radius 1 is 1.29 bits per heavy atom. The molecule has 1 amide bonds. The number of methoxy groups -OCH3 is 1. The fourth-order valence-corrected chi connectivity index (χ4v) is 2.47. The number of nitro groups is 1. The number of halogens is 1. The molecule has 0 aromatic heterocycles. The molecule has 0 aliphatic heterocycles. The van der Waals surface area contributed by atoms with Crippen LogP contribution < -0.4 is 10.1 Å². The standard InChI is InChI=1S/C17H17ClN2O4/c1-24-16-7-3-2-5-12(16)6-4-10-19-17(21)13-8-9-14(18)15(11-13)20(22)23/h2-3,5,7-9,11H,4,6,10H2,1H3,(H,19,21). The summed E-state index contributed by atoms with van der Waals surface area (Å²) in [6.45, 7) is 0.452. The highest BCUT2D eigenvalue weighted by Crippen LogP contribution is 2.25. The van der Waals surface area contributed by atoms with Gasteiger partial charge >= 0.3 is 0 Å². The minimum absolute atomic E-state index is 0.00715. The van der Waals surface area contributed by atoms with Crippen molar-refractivity contribution < 1.29 is 14.5 Å². The number of nitro benzene ring substituents is 1. The van der Waals surface area contributed by atoms with E-state index in [0.29, 0.717) is 6.54 Å². The molecule has 2 aromatic carbocycles. The first-order valence-electron chi connectivity index (χ1n) is 7.37. The van der Waals surface area contributed by atoms with Crippen LogP contribution in [0.15, 0.2) is 42.5 Å². The van der Waals surface area contributed by atoms with E-state index in [2.05, 4.69) is 5.32 Å². The third-order valence-electron chi connectivity index (χ3n) is 3.51. The number of benzene rings is 2. The summed E-state index contributed by atoms with van der Waals surface area (Å²) in [6, 6.07) is 11.7. The van der Waals surface area contributed by atoms with Crippen LogP contribution in [0.25, 0.3) is 0 Å². The summed E-state index contributed by atoms with van der Waals surface area (Å²) in [5.74, 6) is 0.451. The zero-order chi connectivity index (χ0) is 17.5. The molecular formula is C17H17ClN2O4. The van der Waals surface area contributed by atoms with Gasteiger partial charge in [0, 0.05) is 18.2 Å². The predicted molar refractivity (Wildman–Crippen MR) is 91.8 cm³/mol. The average Bonchev–Trinajstić information content (AvgIpc) is 2.59. The van der Waals surface area contributed by atoms with Crippen molar-refractivity contribution in [2.75, 3.05) is 13.7 Å². The van der Waals surface area contributed by atoms with Gasteiger partial charge in [-0.2, -0.15) is 0 Å². The summed E-state index contributed by atoms with van der Waals surface area (Å²) >= 11 is 5.73. The lowest BCUT2D eigenvalue weighted by Gasteiger charge is -2.09. The van der Waals surface area contributed by atoms with Crippen molar-refractivity contribution >= 4 is 23.2 Å². The normalized spacial score (nSPS) is 10.2. The van der Waals surface area contributed by atoms with Crippen molar-refractivity contribution in [1.29, 1.82) is 0 Å². The fraction of sp³-hybridized carbons (Fsp3) is 0.235. The van der Waals surface area contributed by atoms with Gasteiger partial charge in [-0.25, -0.2) is 0 Å². The molecule has 24 heavy (non-hydrogen) atoms. The van der Waals surface area contributed by atoms with E-state index in [1.54, 1.807) is 7.11 Å². The lowest BCUT2D eigenvalue weighted by atomic mass is 10.1. The number of carbonyl (C=O) groups is 1. The van der Waals surface area contributed by atoms with Crippen LogP contribution in [0.3, 0.4) is 0 Å². The molecule has 0 saturated heterocycles. The number of aryl methyl sites for hydroxylation is 1. The highest BCUT2D eigenvalue weighted by molar-refractivity contribution is 6.32. The number of nitrogens with one attached hydrogen (secondary N) is 1. The van der Waals surface area contributed by atoms with Crippen molar-refractivity contribution in [3.8, 4) is 5.75 Å². The Balaban J connectivity index is 1.90. The Morgan fingerprint density at radius 2 is 2.04 bits per heavy atom. The molecule has 0 fully saturated rings. The van der Waals surface area contributed by atoms with Crippen LogP contribution in [0.1, 0.15) is 22.3 Å². The minimum atomic E-state index is -0.610. The van der Waals surface area contributed by atoms with Gasteiger partial charge in [0.05, 0.1) is 12.0 Å². The quantitative estimate of drug-likeness (QED) is 0.470. The SMILES string of the molecule is COc1ccccc1CCCNC(=O)c1ccc(Cl)c([N+](=O)[O-])c1. The molecule has 2 rings (SSSR count). The summed E-state index contributed by atoms with van der Waals surface area (Å²) in [5.41, 5.74) is 0.998. The Bertz CT molecular complexity index is 749. The highest BCUT2D eigenvalue weighted by Gasteiger charge is 2.16. The molecule has 0 aliphatic carbocycles. The lowest BCUT2D eigenvalue weighted by molar-refractivity contribution is -0.384. The zero-order valence-corrected chi connectivity index (χ0v) is 13.9. The van der Waals surface area contributed by atoms with E-state index in [1.165, 1.54) is 18.2 Å². The van der Waals surface area contributed by atoms with Gasteiger partial charge in [-0.05, 0) is 36.6 Å². The van der Waals surface area contributed by atoms with Crippen LogP contribution in [0.5, 0.6) is 5.75 Å². The number of amides is 1. The van der Waals surface area contributed by atoms with E-state index in [-0.39, 0.29) is 22.2 Å². The van der Waals surface area contributed by atoms with Gasteiger partial charge in [-0.1, -0.05) is 29.8 Å². The third-order valence-corrected chi connectivity index (χ3v) is 3.83. The van der Waals surface area contributed by atoms with E-state index >= 15 is 0 Å². The van der Waals surface area contributed by atoms with Gasteiger partial charge in [0.25, 0.3) is 11.6 Å². The molecule has 6 nitrogen and oxygen atoms in total. The van der Waals surface area contributed by atoms with Gasteiger partial charge in [0.15, 0.2) is 0 Å². The average molecular weight is 349 g/mol. The maximum atomic E-state index is 12.1. The van der Waals surface area contributed by atoms with Crippen molar-refractivity contribution in [1.82, 2.24) is 5.32 Å². The van der Waals surface area contributed by atoms with E-state index in [1.807, 2.05) is 24.3 Å². The number of hydrogen-bond acceptors (Lipinski definition) is 4. The summed E-state index contributed by atoms with van der Waals surface area (Å²) in [5, 5.41) is 13.6. The number of nitrogens with zero attached hydrogens (tertiary/aromatic N) is 1. The number of rotatable bonds is 7. The number of para-hydroxylation sites is 1. The largest absolute Gasteiger partial charge is 0.496 e. The Hall–Kier alpha value is -2.60. The maximum absolute atomic E-state index is 12.1. The van der Waals surface area contributed by atoms with Gasteiger partial charge < -0.3 is 10.1 Å². The molecule has 0 atom stereocenters. The molecule has 1 N–H and O–H groups in total. The molecule has 126 valence electrons. The smallest absolute Gasteiger partial charge is 0.288 e. The molecule has 7 heteroatoms. The number of hydrogen-bond donors (Lipinski definition) is 1. The molecule has 0 aliphatic rings. The number of ether oxygens (including phenoxy) is 1. The Kier molecular flexibility index (Phi) is 6.14.